The molecule has 0 fully saturated rings. The molecule has 53 heavy (non-hydrogen) atoms. The van der Waals surface area contributed by atoms with Crippen molar-refractivity contribution in [2.75, 3.05) is 5.32 Å². The summed E-state index contributed by atoms with van der Waals surface area (Å²) in [6, 6.07) is 63.7. The fourth-order valence-electron chi connectivity index (χ4n) is 8.04. The highest BCUT2D eigenvalue weighted by molar-refractivity contribution is 6.25. The van der Waals surface area contributed by atoms with Gasteiger partial charge in [0.15, 0.2) is 0 Å². The normalized spacial score (nSPS) is 11.3. The molecule has 9 aromatic rings. The molecule has 9 rings (SSSR count). The van der Waals surface area contributed by atoms with Gasteiger partial charge in [-0.1, -0.05) is 158 Å². The van der Waals surface area contributed by atoms with E-state index in [1.54, 1.807) is 0 Å². The van der Waals surface area contributed by atoms with Crippen LogP contribution in [0.15, 0.2) is 183 Å². The predicted molar refractivity (Wildman–Crippen MR) is 230 cm³/mol. The van der Waals surface area contributed by atoms with Crippen molar-refractivity contribution in [2.45, 2.75) is 12.8 Å². The van der Waals surface area contributed by atoms with Gasteiger partial charge in [-0.2, -0.15) is 0 Å². The Morgan fingerprint density at radius 3 is 1.70 bits per heavy atom. The van der Waals surface area contributed by atoms with Crippen LogP contribution in [0.1, 0.15) is 18.4 Å². The summed E-state index contributed by atoms with van der Waals surface area (Å²) in [5.74, 6) is 0. The van der Waals surface area contributed by atoms with Gasteiger partial charge in [-0.3, -0.25) is 0 Å². The molecule has 0 aliphatic carbocycles. The average Bonchev–Trinajstić information content (AvgIpc) is 3.22. The number of rotatable bonds is 9. The van der Waals surface area contributed by atoms with E-state index in [0.717, 1.165) is 40.1 Å². The van der Waals surface area contributed by atoms with Crippen molar-refractivity contribution in [3.05, 3.63) is 188 Å². The molecule has 0 saturated heterocycles. The van der Waals surface area contributed by atoms with Gasteiger partial charge in [-0.05, 0) is 125 Å². The van der Waals surface area contributed by atoms with Crippen molar-refractivity contribution in [3.63, 3.8) is 0 Å². The third-order valence-electron chi connectivity index (χ3n) is 10.5. The Balaban J connectivity index is 1.28. The lowest BCUT2D eigenvalue weighted by atomic mass is 9.83. The van der Waals surface area contributed by atoms with E-state index < -0.39 is 0 Å². The highest BCUT2D eigenvalue weighted by Gasteiger charge is 2.20. The molecule has 0 spiro atoms. The van der Waals surface area contributed by atoms with Crippen molar-refractivity contribution >= 4 is 66.3 Å². The third-order valence-corrected chi connectivity index (χ3v) is 10.5. The second-order valence-corrected chi connectivity index (χ2v) is 13.7. The van der Waals surface area contributed by atoms with Crippen LogP contribution in [0.5, 0.6) is 0 Å². The highest BCUT2D eigenvalue weighted by Crippen LogP contribution is 2.47. The number of anilines is 2. The second-order valence-electron chi connectivity index (χ2n) is 13.7. The van der Waals surface area contributed by atoms with E-state index in [0.29, 0.717) is 6.42 Å². The predicted octanol–water partition coefficient (Wildman–Crippen LogP) is 14.5. The van der Waals surface area contributed by atoms with Crippen LogP contribution in [0.3, 0.4) is 0 Å². The Hall–Kier alpha value is -6.77. The van der Waals surface area contributed by atoms with Crippen LogP contribution in [0.2, 0.25) is 0 Å². The zero-order chi connectivity index (χ0) is 35.7. The van der Waals surface area contributed by atoms with Gasteiger partial charge in [0.05, 0.1) is 0 Å². The molecule has 0 aliphatic heterocycles. The fourth-order valence-corrected chi connectivity index (χ4v) is 8.04. The lowest BCUT2D eigenvalue weighted by Gasteiger charge is -2.20. The Bertz CT molecular complexity index is 2850. The van der Waals surface area contributed by atoms with E-state index in [2.05, 4.69) is 182 Å². The van der Waals surface area contributed by atoms with Gasteiger partial charge in [-0.25, -0.2) is 0 Å². The summed E-state index contributed by atoms with van der Waals surface area (Å²) in [6.45, 7) is 4.33. The molecule has 0 bridgehead atoms. The largest absolute Gasteiger partial charge is 0.355 e. The van der Waals surface area contributed by atoms with Crippen LogP contribution in [-0.4, -0.2) is 6.21 Å². The first-order valence-corrected chi connectivity index (χ1v) is 18.3. The van der Waals surface area contributed by atoms with Crippen LogP contribution in [0, 0.1) is 5.41 Å². The van der Waals surface area contributed by atoms with Gasteiger partial charge in [-0.15, -0.1) is 0 Å². The SMILES string of the molecule is C=C(CCC=N)c1ccccc1Nc1cccc(-c2ccc3c(-c4cccc5ccccc45)c4ccccc4c(-c4cccc5ccccc45)c3c2)c1. The summed E-state index contributed by atoms with van der Waals surface area (Å²) in [6.07, 6.45) is 2.89. The Morgan fingerprint density at radius 2 is 1.02 bits per heavy atom. The summed E-state index contributed by atoms with van der Waals surface area (Å²) in [4.78, 5) is 0. The maximum Gasteiger partial charge on any atom is 0.0460 e. The Kier molecular flexibility index (Phi) is 8.34. The van der Waals surface area contributed by atoms with E-state index in [4.69, 9.17) is 5.41 Å². The van der Waals surface area contributed by atoms with Crippen LogP contribution >= 0.6 is 0 Å². The van der Waals surface area contributed by atoms with Crippen LogP contribution in [0.25, 0.3) is 82.0 Å². The molecule has 0 atom stereocenters. The van der Waals surface area contributed by atoms with Crippen LogP contribution < -0.4 is 5.32 Å². The molecular weight excluding hydrogens is 641 g/mol. The van der Waals surface area contributed by atoms with Gasteiger partial charge in [0.25, 0.3) is 0 Å². The van der Waals surface area contributed by atoms with E-state index in [1.165, 1.54) is 71.6 Å². The molecule has 2 nitrogen and oxygen atoms in total. The molecule has 0 saturated carbocycles. The van der Waals surface area contributed by atoms with Crippen molar-refractivity contribution in [3.8, 4) is 33.4 Å². The number of fused-ring (bicyclic) bond motifs is 4. The standard InChI is InChI=1S/C51H38N2/c1-34(14-13-31-52)40-21-8-9-28-49(40)53-39-20-10-19-37(32-39)38-29-30-47-48(33-38)51(44-27-12-18-36-16-3-5-23-42(36)44)46-25-7-6-24-45(46)50(47)43-26-11-17-35-15-2-4-22-41(35)43/h2-12,15-33,52-53H,1,13-14H2. The van der Waals surface area contributed by atoms with Crippen molar-refractivity contribution in [1.82, 2.24) is 0 Å². The molecule has 0 amide bonds. The van der Waals surface area contributed by atoms with E-state index in [1.807, 2.05) is 6.07 Å². The molecule has 2 heteroatoms. The maximum atomic E-state index is 7.49. The minimum Gasteiger partial charge on any atom is -0.355 e. The van der Waals surface area contributed by atoms with Gasteiger partial charge >= 0.3 is 0 Å². The molecule has 0 unspecified atom stereocenters. The van der Waals surface area contributed by atoms with Gasteiger partial charge in [0.1, 0.15) is 0 Å². The zero-order valence-corrected chi connectivity index (χ0v) is 29.4. The molecule has 2 N–H and O–H groups in total. The van der Waals surface area contributed by atoms with Gasteiger partial charge in [0.2, 0.25) is 0 Å². The average molecular weight is 679 g/mol. The fraction of sp³-hybridized carbons (Fsp3) is 0.0392. The molecule has 9 aromatic carbocycles. The number of hydrogen-bond acceptors (Lipinski definition) is 2. The molecule has 0 radical (unpaired) electrons. The quantitative estimate of drug-likeness (QED) is 0.116. The van der Waals surface area contributed by atoms with E-state index in [9.17, 15) is 0 Å². The summed E-state index contributed by atoms with van der Waals surface area (Å²) in [7, 11) is 0. The monoisotopic (exact) mass is 678 g/mol. The molecular formula is C51H38N2. The number of para-hydroxylation sites is 1. The molecule has 0 aliphatic rings. The minimum atomic E-state index is 0.683. The Labute approximate surface area is 310 Å². The smallest absolute Gasteiger partial charge is 0.0460 e. The lowest BCUT2D eigenvalue weighted by molar-refractivity contribution is 1.13. The topological polar surface area (TPSA) is 35.9 Å². The minimum absolute atomic E-state index is 0.683. The lowest BCUT2D eigenvalue weighted by Crippen LogP contribution is -1.96. The number of nitrogens with one attached hydrogen (secondary N) is 2. The number of benzene rings is 9. The van der Waals surface area contributed by atoms with Gasteiger partial charge in [0, 0.05) is 16.9 Å². The van der Waals surface area contributed by atoms with E-state index >= 15 is 0 Å². The summed E-state index contributed by atoms with van der Waals surface area (Å²) >= 11 is 0. The number of hydrogen-bond donors (Lipinski definition) is 2. The summed E-state index contributed by atoms with van der Waals surface area (Å²) in [5, 5.41) is 21.1. The first-order chi connectivity index (χ1) is 26.2. The maximum absolute atomic E-state index is 7.49. The second kappa shape index (κ2) is 13.7. The first kappa shape index (κ1) is 32.2. The summed E-state index contributed by atoms with van der Waals surface area (Å²) in [5.41, 5.74) is 11.4. The van der Waals surface area contributed by atoms with Crippen LogP contribution in [-0.2, 0) is 0 Å². The van der Waals surface area contributed by atoms with Crippen molar-refractivity contribution in [2.24, 2.45) is 0 Å². The molecule has 252 valence electrons. The summed E-state index contributed by atoms with van der Waals surface area (Å²) < 4.78 is 0. The highest BCUT2D eigenvalue weighted by atomic mass is 14.9. The van der Waals surface area contributed by atoms with Gasteiger partial charge < -0.3 is 10.7 Å². The van der Waals surface area contributed by atoms with Crippen molar-refractivity contribution < 1.29 is 0 Å². The first-order valence-electron chi connectivity index (χ1n) is 18.3. The van der Waals surface area contributed by atoms with E-state index in [-0.39, 0.29) is 0 Å². The van der Waals surface area contributed by atoms with Crippen molar-refractivity contribution in [1.29, 1.82) is 5.41 Å². The molecule has 0 heterocycles. The number of allylic oxidation sites excluding steroid dienone is 1. The third kappa shape index (κ3) is 5.85. The molecule has 0 aromatic heterocycles. The zero-order valence-electron chi connectivity index (χ0n) is 29.4. The van der Waals surface area contributed by atoms with Crippen LogP contribution in [0.4, 0.5) is 11.4 Å². The Morgan fingerprint density at radius 1 is 0.491 bits per heavy atom.